The van der Waals surface area contributed by atoms with Crippen molar-refractivity contribution in [2.24, 2.45) is 5.73 Å². The van der Waals surface area contributed by atoms with Gasteiger partial charge in [0, 0.05) is 30.7 Å². The van der Waals surface area contributed by atoms with Gasteiger partial charge in [-0.1, -0.05) is 0 Å². The summed E-state index contributed by atoms with van der Waals surface area (Å²) in [5, 5.41) is 0. The number of nitrogens with zero attached hydrogens (tertiary/aromatic N) is 1. The number of benzene rings is 1. The Balaban J connectivity index is 2.19. The van der Waals surface area contributed by atoms with Crippen molar-refractivity contribution in [1.29, 1.82) is 0 Å². The van der Waals surface area contributed by atoms with Crippen molar-refractivity contribution >= 4 is 0 Å². The van der Waals surface area contributed by atoms with Gasteiger partial charge in [0.15, 0.2) is 0 Å². The first-order valence-electron chi connectivity index (χ1n) is 6.87. The Morgan fingerprint density at radius 2 is 1.89 bits per heavy atom. The van der Waals surface area contributed by atoms with Crippen molar-refractivity contribution in [2.75, 3.05) is 27.3 Å². The molecule has 1 aliphatic heterocycles. The van der Waals surface area contributed by atoms with E-state index in [1.54, 1.807) is 14.2 Å². The van der Waals surface area contributed by atoms with Crippen LogP contribution >= 0.6 is 0 Å². The van der Waals surface area contributed by atoms with Gasteiger partial charge in [0.2, 0.25) is 0 Å². The molecule has 0 bridgehead atoms. The van der Waals surface area contributed by atoms with Crippen molar-refractivity contribution in [2.45, 2.75) is 31.8 Å². The van der Waals surface area contributed by atoms with Gasteiger partial charge in [-0.3, -0.25) is 4.90 Å². The SMILES string of the molecule is COc1ccc(OC)c(C(C)N2CCC(N)CC2)c1. The summed E-state index contributed by atoms with van der Waals surface area (Å²) >= 11 is 0. The molecule has 106 valence electrons. The number of ether oxygens (including phenoxy) is 2. The molecule has 1 aromatic rings. The van der Waals surface area contributed by atoms with Crippen LogP contribution in [0.4, 0.5) is 0 Å². The topological polar surface area (TPSA) is 47.7 Å². The molecule has 1 aliphatic rings. The van der Waals surface area contributed by atoms with E-state index in [1.807, 2.05) is 12.1 Å². The third-order valence-electron chi connectivity index (χ3n) is 4.01. The summed E-state index contributed by atoms with van der Waals surface area (Å²) in [5.74, 6) is 1.79. The molecule has 1 heterocycles. The lowest BCUT2D eigenvalue weighted by Crippen LogP contribution is -2.40. The van der Waals surface area contributed by atoms with Crippen molar-refractivity contribution in [3.8, 4) is 11.5 Å². The summed E-state index contributed by atoms with van der Waals surface area (Å²) in [4.78, 5) is 2.46. The van der Waals surface area contributed by atoms with Gasteiger partial charge in [0.05, 0.1) is 14.2 Å². The van der Waals surface area contributed by atoms with E-state index in [9.17, 15) is 0 Å². The van der Waals surface area contributed by atoms with E-state index in [0.717, 1.165) is 37.4 Å². The Hall–Kier alpha value is -1.26. The maximum Gasteiger partial charge on any atom is 0.123 e. The molecule has 2 N–H and O–H groups in total. The normalized spacial score (nSPS) is 19.2. The lowest BCUT2D eigenvalue weighted by molar-refractivity contribution is 0.161. The third-order valence-corrected chi connectivity index (χ3v) is 4.01. The van der Waals surface area contributed by atoms with E-state index in [4.69, 9.17) is 15.2 Å². The summed E-state index contributed by atoms with van der Waals surface area (Å²) in [5.41, 5.74) is 7.14. The van der Waals surface area contributed by atoms with Crippen LogP contribution < -0.4 is 15.2 Å². The Morgan fingerprint density at radius 1 is 1.21 bits per heavy atom. The number of piperidine rings is 1. The molecule has 0 saturated carbocycles. The summed E-state index contributed by atoms with van der Waals surface area (Å²) in [7, 11) is 3.40. The van der Waals surface area contributed by atoms with Crippen LogP contribution in [-0.2, 0) is 0 Å². The first-order chi connectivity index (χ1) is 9.15. The second kappa shape index (κ2) is 6.26. The number of rotatable bonds is 4. The lowest BCUT2D eigenvalue weighted by atomic mass is 10.00. The molecule has 2 rings (SSSR count). The van der Waals surface area contributed by atoms with Gasteiger partial charge in [-0.25, -0.2) is 0 Å². The zero-order chi connectivity index (χ0) is 13.8. The summed E-state index contributed by atoms with van der Waals surface area (Å²) in [6.07, 6.45) is 2.13. The molecule has 4 heteroatoms. The molecule has 4 nitrogen and oxygen atoms in total. The second-order valence-electron chi connectivity index (χ2n) is 5.16. The molecule has 1 atom stereocenters. The zero-order valence-corrected chi connectivity index (χ0v) is 12.1. The van der Waals surface area contributed by atoms with Gasteiger partial charge >= 0.3 is 0 Å². The minimum Gasteiger partial charge on any atom is -0.497 e. The van der Waals surface area contributed by atoms with Crippen LogP contribution in [0.15, 0.2) is 18.2 Å². The Morgan fingerprint density at radius 3 is 2.47 bits per heavy atom. The van der Waals surface area contributed by atoms with E-state index < -0.39 is 0 Å². The maximum atomic E-state index is 5.97. The second-order valence-corrected chi connectivity index (χ2v) is 5.16. The van der Waals surface area contributed by atoms with Crippen molar-refractivity contribution in [3.63, 3.8) is 0 Å². The molecule has 0 spiro atoms. The number of hydrogen-bond acceptors (Lipinski definition) is 4. The van der Waals surface area contributed by atoms with Crippen molar-refractivity contribution in [3.05, 3.63) is 23.8 Å². The van der Waals surface area contributed by atoms with Crippen LogP contribution in [0.25, 0.3) is 0 Å². The number of hydrogen-bond donors (Lipinski definition) is 1. The van der Waals surface area contributed by atoms with Gasteiger partial charge in [0.25, 0.3) is 0 Å². The fourth-order valence-corrected chi connectivity index (χ4v) is 2.67. The van der Waals surface area contributed by atoms with Crippen molar-refractivity contribution in [1.82, 2.24) is 4.90 Å². The molecule has 1 aromatic carbocycles. The third kappa shape index (κ3) is 3.19. The van der Waals surface area contributed by atoms with Gasteiger partial charge in [-0.2, -0.15) is 0 Å². The molecular formula is C15H24N2O2. The molecule has 1 saturated heterocycles. The Kier molecular flexibility index (Phi) is 4.66. The first kappa shape index (κ1) is 14.2. The lowest BCUT2D eigenvalue weighted by Gasteiger charge is -2.35. The predicted octanol–water partition coefficient (Wildman–Crippen LogP) is 2.19. The highest BCUT2D eigenvalue weighted by Crippen LogP contribution is 2.33. The largest absolute Gasteiger partial charge is 0.497 e. The fraction of sp³-hybridized carbons (Fsp3) is 0.600. The van der Waals surface area contributed by atoms with Crippen LogP contribution in [-0.4, -0.2) is 38.3 Å². The number of nitrogens with two attached hydrogens (primary N) is 1. The summed E-state index contributed by atoms with van der Waals surface area (Å²) in [6, 6.07) is 6.65. The Labute approximate surface area is 115 Å². The van der Waals surface area contributed by atoms with Gasteiger partial charge < -0.3 is 15.2 Å². The molecule has 1 fully saturated rings. The van der Waals surface area contributed by atoms with Gasteiger partial charge in [0.1, 0.15) is 11.5 Å². The zero-order valence-electron chi connectivity index (χ0n) is 12.1. The number of likely N-dealkylation sites (tertiary alicyclic amines) is 1. The van der Waals surface area contributed by atoms with Gasteiger partial charge in [-0.05, 0) is 38.0 Å². The monoisotopic (exact) mass is 264 g/mol. The van der Waals surface area contributed by atoms with E-state index >= 15 is 0 Å². The van der Waals surface area contributed by atoms with E-state index in [1.165, 1.54) is 5.56 Å². The maximum absolute atomic E-state index is 5.97. The smallest absolute Gasteiger partial charge is 0.123 e. The van der Waals surface area contributed by atoms with Crippen LogP contribution in [0.2, 0.25) is 0 Å². The van der Waals surface area contributed by atoms with Crippen LogP contribution in [0.5, 0.6) is 11.5 Å². The molecule has 1 unspecified atom stereocenters. The standard InChI is InChI=1S/C15H24N2O2/c1-11(17-8-6-12(16)7-9-17)14-10-13(18-2)4-5-15(14)19-3/h4-5,10-12H,6-9,16H2,1-3H3. The summed E-state index contributed by atoms with van der Waals surface area (Å²) in [6.45, 7) is 4.31. The quantitative estimate of drug-likeness (QED) is 0.905. The fourth-order valence-electron chi connectivity index (χ4n) is 2.67. The Bertz CT molecular complexity index is 415. The van der Waals surface area contributed by atoms with E-state index in [2.05, 4.69) is 17.9 Å². The molecule has 0 amide bonds. The average molecular weight is 264 g/mol. The summed E-state index contributed by atoms with van der Waals surface area (Å²) < 4.78 is 10.8. The molecule has 19 heavy (non-hydrogen) atoms. The highest BCUT2D eigenvalue weighted by Gasteiger charge is 2.23. The predicted molar refractivity (Wildman–Crippen MR) is 76.7 cm³/mol. The average Bonchev–Trinajstić information content (AvgIpc) is 2.46. The highest BCUT2D eigenvalue weighted by atomic mass is 16.5. The number of methoxy groups -OCH3 is 2. The van der Waals surface area contributed by atoms with E-state index in [-0.39, 0.29) is 0 Å². The molecule has 0 aromatic heterocycles. The minimum atomic E-state index is 0.317. The minimum absolute atomic E-state index is 0.317. The molecular weight excluding hydrogens is 240 g/mol. The van der Waals surface area contributed by atoms with Crippen LogP contribution in [0.1, 0.15) is 31.4 Å². The van der Waals surface area contributed by atoms with Crippen molar-refractivity contribution < 1.29 is 9.47 Å². The van der Waals surface area contributed by atoms with E-state index in [0.29, 0.717) is 12.1 Å². The first-order valence-corrected chi connectivity index (χ1v) is 6.87. The highest BCUT2D eigenvalue weighted by molar-refractivity contribution is 5.42. The van der Waals surface area contributed by atoms with Crippen LogP contribution in [0, 0.1) is 0 Å². The molecule has 0 radical (unpaired) electrons. The van der Waals surface area contributed by atoms with Crippen LogP contribution in [0.3, 0.4) is 0 Å². The molecule has 0 aliphatic carbocycles. The van der Waals surface area contributed by atoms with Gasteiger partial charge in [-0.15, -0.1) is 0 Å².